The number of anilines is 1. The van der Waals surface area contributed by atoms with Gasteiger partial charge in [-0.15, -0.1) is 0 Å². The van der Waals surface area contributed by atoms with Gasteiger partial charge in [0, 0.05) is 11.6 Å². The van der Waals surface area contributed by atoms with Crippen molar-refractivity contribution in [3.05, 3.63) is 34.9 Å². The van der Waals surface area contributed by atoms with Crippen molar-refractivity contribution in [1.29, 1.82) is 0 Å². The number of halogens is 1. The van der Waals surface area contributed by atoms with Crippen molar-refractivity contribution >= 4 is 17.4 Å². The lowest BCUT2D eigenvalue weighted by Crippen LogP contribution is -1.80. The predicted octanol–water partition coefficient (Wildman–Crippen LogP) is 2.89. The van der Waals surface area contributed by atoms with Crippen LogP contribution in [0.15, 0.2) is 28.8 Å². The van der Waals surface area contributed by atoms with E-state index in [1.165, 1.54) is 0 Å². The van der Waals surface area contributed by atoms with Gasteiger partial charge in [0.15, 0.2) is 11.6 Å². The summed E-state index contributed by atoms with van der Waals surface area (Å²) < 4.78 is 5.01. The van der Waals surface area contributed by atoms with Crippen LogP contribution in [0.25, 0.3) is 11.3 Å². The second-order valence-corrected chi connectivity index (χ2v) is 3.51. The molecule has 0 radical (unpaired) electrons. The summed E-state index contributed by atoms with van der Waals surface area (Å²) in [4.78, 5) is 0. The van der Waals surface area contributed by atoms with E-state index in [4.69, 9.17) is 21.9 Å². The van der Waals surface area contributed by atoms with Crippen molar-refractivity contribution in [2.24, 2.45) is 0 Å². The smallest absolute Gasteiger partial charge is 0.170 e. The average molecular weight is 209 g/mol. The van der Waals surface area contributed by atoms with Crippen LogP contribution in [0, 0.1) is 6.92 Å². The first-order chi connectivity index (χ1) is 6.66. The third kappa shape index (κ3) is 1.59. The quantitative estimate of drug-likeness (QED) is 0.784. The monoisotopic (exact) mass is 208 g/mol. The number of aryl methyl sites for hydroxylation is 1. The van der Waals surface area contributed by atoms with Gasteiger partial charge in [-0.2, -0.15) is 0 Å². The van der Waals surface area contributed by atoms with Crippen molar-refractivity contribution < 1.29 is 4.52 Å². The van der Waals surface area contributed by atoms with Crippen LogP contribution < -0.4 is 5.73 Å². The summed E-state index contributed by atoms with van der Waals surface area (Å²) >= 11 is 6.04. The minimum Gasteiger partial charge on any atom is -0.381 e. The van der Waals surface area contributed by atoms with Crippen molar-refractivity contribution in [3.63, 3.8) is 0 Å². The second-order valence-electron chi connectivity index (χ2n) is 3.10. The Morgan fingerprint density at radius 3 is 2.71 bits per heavy atom. The molecule has 3 nitrogen and oxygen atoms in total. The zero-order chi connectivity index (χ0) is 10.1. The van der Waals surface area contributed by atoms with E-state index in [9.17, 15) is 0 Å². The standard InChI is InChI=1S/C10H9ClN2O/c1-6-2-3-7(8(11)4-6)9-5-10(12)13-14-9/h2-5H,1H3,(H2,12,13). The maximum Gasteiger partial charge on any atom is 0.170 e. The van der Waals surface area contributed by atoms with Crippen LogP contribution in [0.3, 0.4) is 0 Å². The van der Waals surface area contributed by atoms with Gasteiger partial charge in [-0.3, -0.25) is 0 Å². The molecule has 1 aromatic heterocycles. The summed E-state index contributed by atoms with van der Waals surface area (Å²) in [5, 5.41) is 4.24. The molecule has 0 aliphatic rings. The lowest BCUT2D eigenvalue weighted by Gasteiger charge is -1.99. The zero-order valence-electron chi connectivity index (χ0n) is 7.62. The third-order valence-electron chi connectivity index (χ3n) is 1.92. The van der Waals surface area contributed by atoms with E-state index >= 15 is 0 Å². The first-order valence-electron chi connectivity index (χ1n) is 4.15. The number of nitrogens with zero attached hydrogens (tertiary/aromatic N) is 1. The largest absolute Gasteiger partial charge is 0.381 e. The lowest BCUT2D eigenvalue weighted by molar-refractivity contribution is 0.436. The van der Waals surface area contributed by atoms with Crippen molar-refractivity contribution in [1.82, 2.24) is 5.16 Å². The molecule has 0 saturated carbocycles. The van der Waals surface area contributed by atoms with Crippen LogP contribution >= 0.6 is 11.6 Å². The topological polar surface area (TPSA) is 52.0 Å². The number of hydrogen-bond acceptors (Lipinski definition) is 3. The SMILES string of the molecule is Cc1ccc(-c2cc(N)no2)c(Cl)c1. The minimum atomic E-state index is 0.358. The van der Waals surface area contributed by atoms with Crippen molar-refractivity contribution in [2.45, 2.75) is 6.92 Å². The normalized spacial score (nSPS) is 10.4. The Kier molecular flexibility index (Phi) is 2.17. The van der Waals surface area contributed by atoms with Crippen LogP contribution in [-0.2, 0) is 0 Å². The highest BCUT2D eigenvalue weighted by molar-refractivity contribution is 6.33. The fraction of sp³-hybridized carbons (Fsp3) is 0.100. The van der Waals surface area contributed by atoms with Gasteiger partial charge >= 0.3 is 0 Å². The molecule has 1 aromatic carbocycles. The molecule has 14 heavy (non-hydrogen) atoms. The first-order valence-corrected chi connectivity index (χ1v) is 4.53. The molecule has 0 aliphatic carbocycles. The van der Waals surface area contributed by atoms with Gasteiger partial charge in [0.1, 0.15) is 0 Å². The van der Waals surface area contributed by atoms with Gasteiger partial charge < -0.3 is 10.3 Å². The predicted molar refractivity (Wildman–Crippen MR) is 56.1 cm³/mol. The summed E-state index contributed by atoms with van der Waals surface area (Å²) in [7, 11) is 0. The van der Waals surface area contributed by atoms with Crippen LogP contribution in [0.1, 0.15) is 5.56 Å². The van der Waals surface area contributed by atoms with E-state index in [0.717, 1.165) is 11.1 Å². The number of aromatic nitrogens is 1. The Morgan fingerprint density at radius 1 is 1.36 bits per heavy atom. The van der Waals surface area contributed by atoms with Gasteiger partial charge in [0.2, 0.25) is 0 Å². The molecule has 2 N–H and O–H groups in total. The molecule has 0 amide bonds. The minimum absolute atomic E-state index is 0.358. The van der Waals surface area contributed by atoms with Gasteiger partial charge in [-0.05, 0) is 24.6 Å². The molecule has 4 heteroatoms. The molecule has 0 spiro atoms. The van der Waals surface area contributed by atoms with Gasteiger partial charge in [-0.1, -0.05) is 22.8 Å². The number of benzene rings is 1. The maximum atomic E-state index is 6.04. The van der Waals surface area contributed by atoms with E-state index in [1.807, 2.05) is 25.1 Å². The Morgan fingerprint density at radius 2 is 2.14 bits per heavy atom. The van der Waals surface area contributed by atoms with Crippen molar-refractivity contribution in [3.8, 4) is 11.3 Å². The van der Waals surface area contributed by atoms with E-state index in [-0.39, 0.29) is 0 Å². The van der Waals surface area contributed by atoms with Crippen molar-refractivity contribution in [2.75, 3.05) is 5.73 Å². The number of nitrogen functional groups attached to an aromatic ring is 1. The first kappa shape index (κ1) is 9.09. The molecule has 0 bridgehead atoms. The Balaban J connectivity index is 2.52. The highest BCUT2D eigenvalue weighted by Gasteiger charge is 2.08. The molecule has 0 saturated heterocycles. The number of hydrogen-bond donors (Lipinski definition) is 1. The zero-order valence-corrected chi connectivity index (χ0v) is 8.38. The summed E-state index contributed by atoms with van der Waals surface area (Å²) in [6, 6.07) is 7.36. The molecule has 0 unspecified atom stereocenters. The second kappa shape index (κ2) is 3.35. The Labute approximate surface area is 86.5 Å². The van der Waals surface area contributed by atoms with Crippen LogP contribution in [0.2, 0.25) is 5.02 Å². The van der Waals surface area contributed by atoms with Crippen LogP contribution in [0.4, 0.5) is 5.82 Å². The number of rotatable bonds is 1. The Hall–Kier alpha value is -1.48. The summed E-state index contributed by atoms with van der Waals surface area (Å²) in [6.45, 7) is 1.98. The molecular formula is C10H9ClN2O. The highest BCUT2D eigenvalue weighted by Crippen LogP contribution is 2.29. The van der Waals surface area contributed by atoms with Gasteiger partial charge in [0.25, 0.3) is 0 Å². The van der Waals surface area contributed by atoms with Crippen LogP contribution in [0.5, 0.6) is 0 Å². The van der Waals surface area contributed by atoms with Gasteiger partial charge in [0.05, 0.1) is 5.02 Å². The fourth-order valence-electron chi connectivity index (χ4n) is 1.24. The third-order valence-corrected chi connectivity index (χ3v) is 2.23. The molecule has 72 valence electrons. The average Bonchev–Trinajstić information content (AvgIpc) is 2.51. The Bertz CT molecular complexity index is 465. The highest BCUT2D eigenvalue weighted by atomic mass is 35.5. The molecule has 2 aromatic rings. The van der Waals surface area contributed by atoms with E-state index in [1.54, 1.807) is 6.07 Å². The maximum absolute atomic E-state index is 6.04. The molecular weight excluding hydrogens is 200 g/mol. The summed E-state index contributed by atoms with van der Waals surface area (Å²) in [5.74, 6) is 0.948. The number of nitrogens with two attached hydrogens (primary N) is 1. The van der Waals surface area contributed by atoms with Crippen LogP contribution in [-0.4, -0.2) is 5.16 Å². The molecule has 0 atom stereocenters. The molecule has 0 fully saturated rings. The summed E-state index contributed by atoms with van der Waals surface area (Å²) in [5.41, 5.74) is 7.36. The molecule has 2 rings (SSSR count). The lowest BCUT2D eigenvalue weighted by atomic mass is 10.1. The van der Waals surface area contributed by atoms with E-state index < -0.39 is 0 Å². The fourth-order valence-corrected chi connectivity index (χ4v) is 1.56. The van der Waals surface area contributed by atoms with Gasteiger partial charge in [-0.25, -0.2) is 0 Å². The van der Waals surface area contributed by atoms with E-state index in [0.29, 0.717) is 16.6 Å². The summed E-state index contributed by atoms with van der Waals surface area (Å²) in [6.07, 6.45) is 0. The molecule has 1 heterocycles. The molecule has 0 aliphatic heterocycles. The van der Waals surface area contributed by atoms with E-state index in [2.05, 4.69) is 5.16 Å².